The molecule has 0 saturated carbocycles. The van der Waals surface area contributed by atoms with Crippen molar-refractivity contribution in [3.63, 3.8) is 0 Å². The van der Waals surface area contributed by atoms with Crippen LogP contribution < -0.4 is 0 Å². The summed E-state index contributed by atoms with van der Waals surface area (Å²) in [7, 11) is -3.96. The highest BCUT2D eigenvalue weighted by atomic mass is 32.2. The average Bonchev–Trinajstić information content (AvgIpc) is 2.47. The summed E-state index contributed by atoms with van der Waals surface area (Å²) < 4.78 is 40.0. The lowest BCUT2D eigenvalue weighted by molar-refractivity contribution is -0.384. The van der Waals surface area contributed by atoms with Gasteiger partial charge < -0.3 is 0 Å². The highest BCUT2D eigenvalue weighted by molar-refractivity contribution is 7.90. The Morgan fingerprint density at radius 3 is 2.14 bits per heavy atom. The van der Waals surface area contributed by atoms with Crippen LogP contribution in [0.25, 0.3) is 0 Å². The molecule has 2 aromatic rings. The first-order chi connectivity index (χ1) is 9.88. The average molecular weight is 308 g/mol. The van der Waals surface area contributed by atoms with Gasteiger partial charge in [-0.3, -0.25) is 10.1 Å². The van der Waals surface area contributed by atoms with Crippen LogP contribution in [0.3, 0.4) is 0 Å². The molecule has 0 amide bonds. The molecular weight excluding hydrogens is 299 g/mol. The third kappa shape index (κ3) is 3.69. The number of benzene rings is 2. The molecule has 2 aromatic carbocycles. The second-order valence-electron chi connectivity index (χ2n) is 4.01. The molecule has 0 aliphatic heterocycles. The van der Waals surface area contributed by atoms with Crippen LogP contribution in [0.15, 0.2) is 57.8 Å². The molecule has 21 heavy (non-hydrogen) atoms. The SMILES string of the molecule is O=[N+]([O-])c1ccc(S(=O)(=O)/N=C/c2ccc(F)cc2)cc1. The van der Waals surface area contributed by atoms with E-state index in [0.717, 1.165) is 30.5 Å². The van der Waals surface area contributed by atoms with Gasteiger partial charge in [0.25, 0.3) is 15.7 Å². The smallest absolute Gasteiger partial charge is 0.258 e. The van der Waals surface area contributed by atoms with Gasteiger partial charge in [0.2, 0.25) is 0 Å². The molecule has 0 fully saturated rings. The Bertz CT molecular complexity index is 784. The maximum Gasteiger partial charge on any atom is 0.282 e. The van der Waals surface area contributed by atoms with Gasteiger partial charge in [-0.25, -0.2) is 4.39 Å². The number of hydrogen-bond donors (Lipinski definition) is 0. The van der Waals surface area contributed by atoms with Gasteiger partial charge in [-0.2, -0.15) is 12.8 Å². The van der Waals surface area contributed by atoms with E-state index in [1.807, 2.05) is 0 Å². The number of halogens is 1. The topological polar surface area (TPSA) is 89.6 Å². The number of nitrogens with zero attached hydrogens (tertiary/aromatic N) is 2. The van der Waals surface area contributed by atoms with Crippen LogP contribution in [-0.4, -0.2) is 19.6 Å². The molecule has 0 unspecified atom stereocenters. The van der Waals surface area contributed by atoms with Crippen molar-refractivity contribution in [3.8, 4) is 0 Å². The van der Waals surface area contributed by atoms with Crippen molar-refractivity contribution >= 4 is 21.9 Å². The zero-order chi connectivity index (χ0) is 15.5. The van der Waals surface area contributed by atoms with E-state index in [0.29, 0.717) is 5.56 Å². The van der Waals surface area contributed by atoms with E-state index in [2.05, 4.69) is 4.40 Å². The molecule has 6 nitrogen and oxygen atoms in total. The Kier molecular flexibility index (Phi) is 4.08. The zero-order valence-electron chi connectivity index (χ0n) is 10.5. The lowest BCUT2D eigenvalue weighted by atomic mass is 10.2. The molecule has 0 radical (unpaired) electrons. The summed E-state index contributed by atoms with van der Waals surface area (Å²) in [5.41, 5.74) is 0.207. The van der Waals surface area contributed by atoms with Crippen molar-refractivity contribution in [2.24, 2.45) is 4.40 Å². The molecule has 0 aromatic heterocycles. The van der Waals surface area contributed by atoms with Crippen LogP contribution in [0.4, 0.5) is 10.1 Å². The van der Waals surface area contributed by atoms with Gasteiger partial charge in [0, 0.05) is 18.3 Å². The van der Waals surface area contributed by atoms with Crippen LogP contribution in [0.5, 0.6) is 0 Å². The Morgan fingerprint density at radius 2 is 1.62 bits per heavy atom. The first-order valence-electron chi connectivity index (χ1n) is 5.69. The van der Waals surface area contributed by atoms with Gasteiger partial charge in [-0.15, -0.1) is 0 Å². The summed E-state index contributed by atoms with van der Waals surface area (Å²) in [5.74, 6) is -0.439. The summed E-state index contributed by atoms with van der Waals surface area (Å²) in [4.78, 5) is 9.71. The normalized spacial score (nSPS) is 11.7. The fourth-order valence-corrected chi connectivity index (χ4v) is 2.34. The molecule has 0 N–H and O–H groups in total. The van der Waals surface area contributed by atoms with E-state index in [9.17, 15) is 22.9 Å². The van der Waals surface area contributed by atoms with Gasteiger partial charge in [-0.1, -0.05) is 12.1 Å². The largest absolute Gasteiger partial charge is 0.282 e. The minimum Gasteiger partial charge on any atom is -0.258 e. The van der Waals surface area contributed by atoms with E-state index in [4.69, 9.17) is 0 Å². The number of nitro benzene ring substituents is 1. The van der Waals surface area contributed by atoms with E-state index >= 15 is 0 Å². The second-order valence-corrected chi connectivity index (χ2v) is 5.64. The van der Waals surface area contributed by atoms with Gasteiger partial charge in [0.1, 0.15) is 5.82 Å². The van der Waals surface area contributed by atoms with E-state index in [1.165, 1.54) is 24.3 Å². The van der Waals surface area contributed by atoms with E-state index in [-0.39, 0.29) is 10.6 Å². The highest BCUT2D eigenvalue weighted by Crippen LogP contribution is 2.17. The summed E-state index contributed by atoms with van der Waals surface area (Å²) in [6, 6.07) is 9.50. The highest BCUT2D eigenvalue weighted by Gasteiger charge is 2.13. The molecule has 0 atom stereocenters. The molecule has 0 aliphatic carbocycles. The Hall–Kier alpha value is -2.61. The summed E-state index contributed by atoms with van der Waals surface area (Å²) >= 11 is 0. The molecule has 0 saturated heterocycles. The number of sulfonamides is 1. The van der Waals surface area contributed by atoms with Crippen LogP contribution in [0.1, 0.15) is 5.56 Å². The van der Waals surface area contributed by atoms with Crippen molar-refractivity contribution in [3.05, 3.63) is 70.0 Å². The summed E-state index contributed by atoms with van der Waals surface area (Å²) in [6.07, 6.45) is 1.08. The fourth-order valence-electron chi connectivity index (χ4n) is 1.48. The number of nitro groups is 1. The molecule has 0 spiro atoms. The lowest BCUT2D eigenvalue weighted by Crippen LogP contribution is -1.98. The summed E-state index contributed by atoms with van der Waals surface area (Å²) in [6.45, 7) is 0. The molecule has 8 heteroatoms. The molecule has 0 bridgehead atoms. The predicted molar refractivity (Wildman–Crippen MR) is 74.3 cm³/mol. The predicted octanol–water partition coefficient (Wildman–Crippen LogP) is 2.54. The quantitative estimate of drug-likeness (QED) is 0.493. The molecular formula is C13H9FN2O4S. The number of hydrogen-bond acceptors (Lipinski definition) is 4. The number of non-ortho nitro benzene ring substituents is 1. The van der Waals surface area contributed by atoms with E-state index in [1.54, 1.807) is 0 Å². The van der Waals surface area contributed by atoms with Crippen LogP contribution >= 0.6 is 0 Å². The van der Waals surface area contributed by atoms with Crippen LogP contribution in [-0.2, 0) is 10.0 Å². The van der Waals surface area contributed by atoms with E-state index < -0.39 is 20.8 Å². The van der Waals surface area contributed by atoms with Crippen molar-refractivity contribution in [2.75, 3.05) is 0 Å². The standard InChI is InChI=1S/C13H9FN2O4S/c14-11-3-1-10(2-4-11)9-15-21(19,20)13-7-5-12(6-8-13)16(17)18/h1-9H/b15-9+. The van der Waals surface area contributed by atoms with Gasteiger partial charge in [-0.05, 0) is 29.8 Å². The first kappa shape index (κ1) is 14.8. The maximum absolute atomic E-state index is 12.7. The Balaban J connectivity index is 2.25. The lowest BCUT2D eigenvalue weighted by Gasteiger charge is -1.98. The second kappa shape index (κ2) is 5.80. The number of rotatable bonds is 4. The molecule has 2 rings (SSSR count). The minimum absolute atomic E-state index is 0.161. The van der Waals surface area contributed by atoms with Crippen molar-refractivity contribution < 1.29 is 17.7 Å². The zero-order valence-corrected chi connectivity index (χ0v) is 11.3. The molecule has 0 aliphatic rings. The van der Waals surface area contributed by atoms with Gasteiger partial charge >= 0.3 is 0 Å². The molecule has 108 valence electrons. The van der Waals surface area contributed by atoms with Crippen molar-refractivity contribution in [1.82, 2.24) is 0 Å². The minimum atomic E-state index is -3.96. The third-order valence-corrected chi connectivity index (χ3v) is 3.81. The first-order valence-corrected chi connectivity index (χ1v) is 7.13. The van der Waals surface area contributed by atoms with Gasteiger partial charge in [0.05, 0.1) is 9.82 Å². The van der Waals surface area contributed by atoms with Crippen LogP contribution in [0.2, 0.25) is 0 Å². The Labute approximate surface area is 119 Å². The fraction of sp³-hybridized carbons (Fsp3) is 0. The van der Waals surface area contributed by atoms with Crippen LogP contribution in [0, 0.1) is 15.9 Å². The monoisotopic (exact) mass is 308 g/mol. The van der Waals surface area contributed by atoms with Crippen molar-refractivity contribution in [2.45, 2.75) is 4.90 Å². The maximum atomic E-state index is 12.7. The van der Waals surface area contributed by atoms with Crippen molar-refractivity contribution in [1.29, 1.82) is 0 Å². The summed E-state index contributed by atoms with van der Waals surface area (Å²) in [5, 5.41) is 10.5. The molecule has 0 heterocycles. The van der Waals surface area contributed by atoms with Gasteiger partial charge in [0.15, 0.2) is 0 Å². The Morgan fingerprint density at radius 1 is 1.05 bits per heavy atom. The third-order valence-electron chi connectivity index (χ3n) is 2.56.